The summed E-state index contributed by atoms with van der Waals surface area (Å²) in [5.74, 6) is -15.7. The number of ether oxygens (including phenoxy) is 7. The first-order chi connectivity index (χ1) is 29.9. The minimum Gasteiger partial charge on any atom is -0.508 e. The smallest absolute Gasteiger partial charge is 0.220 e. The maximum atomic E-state index is 11.4. The maximum Gasteiger partial charge on any atom is 0.220 e. The summed E-state index contributed by atoms with van der Waals surface area (Å²) in [6.45, 7) is 1.58. The standard InChI is InChI=1S/C43H28O20/c1-14-2-23(50)33(24(51)3-14)59-30-13-29(56)38-43(39(30)58-20-8-17(46)5-18(47)9-20)63-35-26(53)11-22(49)32(41(35)61-38)31-21(48)10-25(52)34-40(31)60-37-28(55)12-27(54)36(42(37)62-34)57-19-6-15(44)4-16(45)7-19/h2-13,44-56H,1H3. The van der Waals surface area contributed by atoms with E-state index in [1.165, 1.54) is 12.1 Å². The molecule has 0 fully saturated rings. The van der Waals surface area contributed by atoms with E-state index in [1.54, 1.807) is 6.92 Å². The summed E-state index contributed by atoms with van der Waals surface area (Å²) in [4.78, 5) is 0. The molecule has 0 bridgehead atoms. The molecular formula is C43H28O20. The molecule has 0 aliphatic carbocycles. The number of aromatic hydroxyl groups is 13. The van der Waals surface area contributed by atoms with Crippen molar-refractivity contribution in [3.8, 4) is 166 Å². The Bertz CT molecular complexity index is 3040. The van der Waals surface area contributed by atoms with Crippen LogP contribution in [0.3, 0.4) is 0 Å². The van der Waals surface area contributed by atoms with Gasteiger partial charge < -0.3 is 99.5 Å². The number of aryl methyl sites for hydroxylation is 1. The van der Waals surface area contributed by atoms with Crippen molar-refractivity contribution in [2.45, 2.75) is 6.92 Å². The molecule has 20 nitrogen and oxygen atoms in total. The predicted octanol–water partition coefficient (Wildman–Crippen LogP) is 9.01. The molecule has 2 aliphatic heterocycles. The number of phenols is 13. The van der Waals surface area contributed by atoms with Crippen LogP contribution in [0.1, 0.15) is 5.56 Å². The van der Waals surface area contributed by atoms with Gasteiger partial charge in [-0.25, -0.2) is 0 Å². The largest absolute Gasteiger partial charge is 0.508 e. The predicted molar refractivity (Wildman–Crippen MR) is 211 cm³/mol. The van der Waals surface area contributed by atoms with Crippen molar-refractivity contribution < 1.29 is 99.5 Å². The van der Waals surface area contributed by atoms with Crippen LogP contribution >= 0.6 is 0 Å². The highest BCUT2D eigenvalue weighted by Crippen LogP contribution is 2.68. The summed E-state index contributed by atoms with van der Waals surface area (Å²) in [6, 6.07) is 12.0. The van der Waals surface area contributed by atoms with Crippen LogP contribution in [0, 0.1) is 6.92 Å². The third kappa shape index (κ3) is 6.61. The Morgan fingerprint density at radius 1 is 0.302 bits per heavy atom. The molecule has 20 heteroatoms. The molecule has 0 saturated carbocycles. The van der Waals surface area contributed by atoms with Crippen LogP contribution in [-0.4, -0.2) is 66.4 Å². The topological polar surface area (TPSA) is 328 Å². The number of rotatable bonds is 7. The minimum absolute atomic E-state index is 0.222. The summed E-state index contributed by atoms with van der Waals surface area (Å²) in [5, 5.41) is 140. The van der Waals surface area contributed by atoms with E-state index >= 15 is 0 Å². The Morgan fingerprint density at radius 2 is 0.651 bits per heavy atom. The average molecular weight is 865 g/mol. The molecule has 0 spiro atoms. The summed E-state index contributed by atoms with van der Waals surface area (Å²) in [6.07, 6.45) is 0. The van der Waals surface area contributed by atoms with Gasteiger partial charge in [0.25, 0.3) is 0 Å². The summed E-state index contributed by atoms with van der Waals surface area (Å²) < 4.78 is 41.6. The highest BCUT2D eigenvalue weighted by atomic mass is 16.6. The van der Waals surface area contributed by atoms with Gasteiger partial charge in [-0.3, -0.25) is 0 Å². The first kappa shape index (κ1) is 39.0. The van der Waals surface area contributed by atoms with Crippen LogP contribution in [0.15, 0.2) is 72.8 Å². The van der Waals surface area contributed by atoms with Crippen molar-refractivity contribution in [2.24, 2.45) is 0 Å². The van der Waals surface area contributed by atoms with E-state index in [0.717, 1.165) is 60.7 Å². The fraction of sp³-hybridized carbons (Fsp3) is 0.0233. The second-order valence-electron chi connectivity index (χ2n) is 13.9. The lowest BCUT2D eigenvalue weighted by molar-refractivity contribution is 0.296. The minimum atomic E-state index is -0.838. The SMILES string of the molecule is Cc1cc(O)c(Oc2cc(O)c3c(c2Oc2cc(O)cc(O)c2)Oc2c(O)cc(O)c(-c4c(O)cc(O)c5c4Oc4c(O)cc(O)c(Oc6cc(O)cc(O)c6)c4O5)c2O3)c(O)c1. The van der Waals surface area contributed by atoms with Gasteiger partial charge in [0.2, 0.25) is 51.7 Å². The van der Waals surface area contributed by atoms with Gasteiger partial charge in [0.15, 0.2) is 57.5 Å². The van der Waals surface area contributed by atoms with Gasteiger partial charge in [-0.1, -0.05) is 0 Å². The van der Waals surface area contributed by atoms with Gasteiger partial charge in [-0.2, -0.15) is 0 Å². The van der Waals surface area contributed by atoms with Crippen LogP contribution in [-0.2, 0) is 0 Å². The number of benzene rings is 7. The molecule has 0 aromatic heterocycles. The van der Waals surface area contributed by atoms with E-state index in [-0.39, 0.29) is 11.5 Å². The molecule has 7 aromatic rings. The van der Waals surface area contributed by atoms with Crippen LogP contribution in [0.5, 0.6) is 155 Å². The van der Waals surface area contributed by atoms with Crippen molar-refractivity contribution in [2.75, 3.05) is 0 Å². The Hall–Kier alpha value is -9.46. The highest BCUT2D eigenvalue weighted by Gasteiger charge is 2.40. The molecule has 13 N–H and O–H groups in total. The molecule has 0 amide bonds. The van der Waals surface area contributed by atoms with E-state index in [9.17, 15) is 66.4 Å². The number of hydrogen-bond donors (Lipinski definition) is 13. The fourth-order valence-corrected chi connectivity index (χ4v) is 6.79. The van der Waals surface area contributed by atoms with E-state index in [1.807, 2.05) is 0 Å². The summed E-state index contributed by atoms with van der Waals surface area (Å²) >= 11 is 0. The zero-order chi connectivity index (χ0) is 44.8. The van der Waals surface area contributed by atoms with Gasteiger partial charge in [0.05, 0.1) is 11.1 Å². The highest BCUT2D eigenvalue weighted by molar-refractivity contribution is 5.93. The first-order valence-corrected chi connectivity index (χ1v) is 17.9. The van der Waals surface area contributed by atoms with Crippen molar-refractivity contribution in [1.29, 1.82) is 0 Å². The lowest BCUT2D eigenvalue weighted by Crippen LogP contribution is -2.06. The van der Waals surface area contributed by atoms with Crippen molar-refractivity contribution in [1.82, 2.24) is 0 Å². The summed E-state index contributed by atoms with van der Waals surface area (Å²) in [5.41, 5.74) is -0.642. The molecule has 0 radical (unpaired) electrons. The van der Waals surface area contributed by atoms with Gasteiger partial charge in [-0.15, -0.1) is 0 Å². The number of hydrogen-bond acceptors (Lipinski definition) is 20. The Kier molecular flexibility index (Phi) is 8.73. The molecule has 2 heterocycles. The molecule has 2 aliphatic rings. The molecule has 320 valence electrons. The van der Waals surface area contributed by atoms with Crippen LogP contribution < -0.4 is 33.2 Å². The van der Waals surface area contributed by atoms with Crippen LogP contribution in [0.25, 0.3) is 11.1 Å². The van der Waals surface area contributed by atoms with E-state index in [2.05, 4.69) is 0 Å². The van der Waals surface area contributed by atoms with Crippen molar-refractivity contribution in [3.63, 3.8) is 0 Å². The normalized spacial score (nSPS) is 12.0. The van der Waals surface area contributed by atoms with Crippen LogP contribution in [0.4, 0.5) is 0 Å². The third-order valence-electron chi connectivity index (χ3n) is 9.34. The van der Waals surface area contributed by atoms with Gasteiger partial charge in [0.1, 0.15) is 46.0 Å². The molecule has 0 saturated heterocycles. The lowest BCUT2D eigenvalue weighted by atomic mass is 9.98. The van der Waals surface area contributed by atoms with E-state index < -0.39 is 155 Å². The third-order valence-corrected chi connectivity index (χ3v) is 9.34. The van der Waals surface area contributed by atoms with Crippen molar-refractivity contribution >= 4 is 0 Å². The molecule has 0 unspecified atom stereocenters. The Balaban J connectivity index is 1.19. The lowest BCUT2D eigenvalue weighted by Gasteiger charge is -2.29. The molecule has 7 aromatic carbocycles. The zero-order valence-corrected chi connectivity index (χ0v) is 31.6. The second-order valence-corrected chi connectivity index (χ2v) is 13.9. The van der Waals surface area contributed by atoms with Crippen molar-refractivity contribution in [3.05, 3.63) is 78.4 Å². The molecule has 63 heavy (non-hydrogen) atoms. The van der Waals surface area contributed by atoms with Crippen LogP contribution in [0.2, 0.25) is 0 Å². The van der Waals surface area contributed by atoms with E-state index in [4.69, 9.17) is 33.2 Å². The number of fused-ring (bicyclic) bond motifs is 4. The summed E-state index contributed by atoms with van der Waals surface area (Å²) in [7, 11) is 0. The molecule has 9 rings (SSSR count). The second kappa shape index (κ2) is 14.1. The van der Waals surface area contributed by atoms with Gasteiger partial charge >= 0.3 is 0 Å². The first-order valence-electron chi connectivity index (χ1n) is 17.9. The monoisotopic (exact) mass is 864 g/mol. The zero-order valence-electron chi connectivity index (χ0n) is 31.6. The quantitative estimate of drug-likeness (QED) is 0.0710. The van der Waals surface area contributed by atoms with Gasteiger partial charge in [-0.05, 0) is 24.6 Å². The van der Waals surface area contributed by atoms with E-state index in [0.29, 0.717) is 5.56 Å². The number of phenolic OH excluding ortho intramolecular Hbond substituents is 13. The Labute approximate surface area is 350 Å². The molecular weight excluding hydrogens is 836 g/mol. The maximum absolute atomic E-state index is 11.4. The Morgan fingerprint density at radius 3 is 1.11 bits per heavy atom. The fourth-order valence-electron chi connectivity index (χ4n) is 6.79. The average Bonchev–Trinajstić information content (AvgIpc) is 3.18. The molecule has 0 atom stereocenters. The van der Waals surface area contributed by atoms with Gasteiger partial charge in [0, 0.05) is 60.7 Å².